The van der Waals surface area contributed by atoms with Gasteiger partial charge in [0.1, 0.15) is 0 Å². The Balaban J connectivity index is 0.00000162. The van der Waals surface area contributed by atoms with Crippen LogP contribution >= 0.6 is 12.4 Å². The second-order valence-corrected chi connectivity index (χ2v) is 4.48. The van der Waals surface area contributed by atoms with Gasteiger partial charge in [0.15, 0.2) is 11.5 Å². The molecule has 5 heteroatoms. The predicted molar refractivity (Wildman–Crippen MR) is 70.9 cm³/mol. The van der Waals surface area contributed by atoms with Crippen molar-refractivity contribution in [2.45, 2.75) is 25.3 Å². The zero-order chi connectivity index (χ0) is 12.4. The van der Waals surface area contributed by atoms with Crippen LogP contribution in [0.2, 0.25) is 0 Å². The maximum Gasteiger partial charge on any atom is 0.163 e. The third-order valence-electron chi connectivity index (χ3n) is 3.18. The summed E-state index contributed by atoms with van der Waals surface area (Å²) in [5.41, 5.74) is 7.01. The molecule has 1 aromatic rings. The van der Waals surface area contributed by atoms with E-state index in [9.17, 15) is 5.11 Å². The molecule has 1 aromatic carbocycles. The Labute approximate surface area is 113 Å². The Morgan fingerprint density at radius 1 is 1.56 bits per heavy atom. The summed E-state index contributed by atoms with van der Waals surface area (Å²) in [5.74, 6) is 1.01. The van der Waals surface area contributed by atoms with Gasteiger partial charge in [-0.15, -0.1) is 12.4 Å². The lowest BCUT2D eigenvalue weighted by Gasteiger charge is -2.16. The van der Waals surface area contributed by atoms with Crippen molar-refractivity contribution in [3.8, 4) is 17.6 Å². The van der Waals surface area contributed by atoms with E-state index in [1.807, 2.05) is 0 Å². The molecule has 1 atom stereocenters. The normalized spacial score (nSPS) is 15.4. The lowest BCUT2D eigenvalue weighted by Crippen LogP contribution is -2.13. The third-order valence-corrected chi connectivity index (χ3v) is 3.18. The van der Waals surface area contributed by atoms with E-state index in [-0.39, 0.29) is 24.2 Å². The van der Waals surface area contributed by atoms with Crippen molar-refractivity contribution in [2.75, 3.05) is 7.11 Å². The molecular formula is C13H17ClN2O2. The van der Waals surface area contributed by atoms with E-state index >= 15 is 0 Å². The minimum absolute atomic E-state index is 0. The number of phenolic OH excluding ortho intramolecular Hbond substituents is 1. The lowest BCUT2D eigenvalue weighted by atomic mass is 9.96. The Kier molecular flexibility index (Phi) is 4.83. The third kappa shape index (κ3) is 2.87. The first-order chi connectivity index (χ1) is 8.17. The van der Waals surface area contributed by atoms with Crippen molar-refractivity contribution >= 4 is 12.4 Å². The summed E-state index contributed by atoms with van der Waals surface area (Å²) >= 11 is 0. The zero-order valence-corrected chi connectivity index (χ0v) is 11.0. The molecule has 18 heavy (non-hydrogen) atoms. The van der Waals surface area contributed by atoms with Crippen LogP contribution in [0.25, 0.3) is 0 Å². The second-order valence-electron chi connectivity index (χ2n) is 4.48. The molecule has 98 valence electrons. The second kappa shape index (κ2) is 5.94. The van der Waals surface area contributed by atoms with Gasteiger partial charge in [-0.05, 0) is 24.5 Å². The molecular weight excluding hydrogens is 252 g/mol. The van der Waals surface area contributed by atoms with Crippen LogP contribution in [0.15, 0.2) is 12.1 Å². The summed E-state index contributed by atoms with van der Waals surface area (Å²) in [6, 6.07) is 4.99. The highest BCUT2D eigenvalue weighted by atomic mass is 35.5. The first-order valence-electron chi connectivity index (χ1n) is 5.73. The number of aromatic hydroxyl groups is 1. The van der Waals surface area contributed by atoms with Gasteiger partial charge >= 0.3 is 0 Å². The molecule has 0 aliphatic heterocycles. The standard InChI is InChI=1S/C13H16N2O2.ClH/c1-17-11-5-4-9(7-14)12(13(11)16)10(15)6-8-2-3-8;/h4-5,8,10,16H,2-3,6,15H2,1H3;1H/t10-;/m0./s1. The number of nitrogens with two attached hydrogens (primary N) is 1. The Bertz CT molecular complexity index is 467. The monoisotopic (exact) mass is 268 g/mol. The lowest BCUT2D eigenvalue weighted by molar-refractivity contribution is 0.367. The molecule has 0 saturated heterocycles. The zero-order valence-electron chi connectivity index (χ0n) is 10.2. The van der Waals surface area contributed by atoms with Crippen molar-refractivity contribution in [1.29, 1.82) is 5.26 Å². The van der Waals surface area contributed by atoms with E-state index in [0.717, 1.165) is 6.42 Å². The van der Waals surface area contributed by atoms with Gasteiger partial charge in [0.2, 0.25) is 0 Å². The molecule has 1 saturated carbocycles. The van der Waals surface area contributed by atoms with E-state index < -0.39 is 0 Å². The number of hydrogen-bond acceptors (Lipinski definition) is 4. The van der Waals surface area contributed by atoms with Crippen LogP contribution < -0.4 is 10.5 Å². The van der Waals surface area contributed by atoms with Gasteiger partial charge in [0.05, 0.1) is 18.7 Å². The van der Waals surface area contributed by atoms with E-state index in [0.29, 0.717) is 22.8 Å². The van der Waals surface area contributed by atoms with Crippen LogP contribution in [0.1, 0.15) is 36.4 Å². The van der Waals surface area contributed by atoms with Crippen molar-refractivity contribution in [3.05, 3.63) is 23.3 Å². The quantitative estimate of drug-likeness (QED) is 0.879. The van der Waals surface area contributed by atoms with Gasteiger partial charge in [-0.3, -0.25) is 0 Å². The summed E-state index contributed by atoms with van der Waals surface area (Å²) in [5, 5.41) is 19.1. The largest absolute Gasteiger partial charge is 0.504 e. The molecule has 1 aliphatic rings. The van der Waals surface area contributed by atoms with Gasteiger partial charge in [-0.25, -0.2) is 0 Å². The summed E-state index contributed by atoms with van der Waals surface area (Å²) in [4.78, 5) is 0. The van der Waals surface area contributed by atoms with Crippen molar-refractivity contribution < 1.29 is 9.84 Å². The average Bonchev–Trinajstić information content (AvgIpc) is 3.12. The highest BCUT2D eigenvalue weighted by Gasteiger charge is 2.27. The Hall–Kier alpha value is -1.44. The number of ether oxygens (including phenoxy) is 1. The van der Waals surface area contributed by atoms with Crippen LogP contribution in [0.4, 0.5) is 0 Å². The molecule has 4 nitrogen and oxygen atoms in total. The molecule has 0 radical (unpaired) electrons. The average molecular weight is 269 g/mol. The first-order valence-corrected chi connectivity index (χ1v) is 5.73. The van der Waals surface area contributed by atoms with Crippen molar-refractivity contribution in [2.24, 2.45) is 11.7 Å². The Morgan fingerprint density at radius 3 is 2.72 bits per heavy atom. The molecule has 0 aromatic heterocycles. The Morgan fingerprint density at radius 2 is 2.22 bits per heavy atom. The van der Waals surface area contributed by atoms with Crippen LogP contribution in [-0.2, 0) is 0 Å². The molecule has 0 amide bonds. The number of rotatable bonds is 4. The van der Waals surface area contributed by atoms with Crippen LogP contribution in [0.3, 0.4) is 0 Å². The van der Waals surface area contributed by atoms with E-state index in [1.165, 1.54) is 20.0 Å². The minimum Gasteiger partial charge on any atom is -0.504 e. The number of nitriles is 1. The molecule has 0 bridgehead atoms. The maximum absolute atomic E-state index is 10.0. The summed E-state index contributed by atoms with van der Waals surface area (Å²) in [7, 11) is 1.48. The fraction of sp³-hybridized carbons (Fsp3) is 0.462. The van der Waals surface area contributed by atoms with E-state index in [1.54, 1.807) is 12.1 Å². The number of halogens is 1. The van der Waals surface area contributed by atoms with Crippen molar-refractivity contribution in [3.63, 3.8) is 0 Å². The molecule has 0 spiro atoms. The fourth-order valence-electron chi connectivity index (χ4n) is 2.06. The SMILES string of the molecule is COc1ccc(C#N)c([C@@H](N)CC2CC2)c1O.Cl. The summed E-state index contributed by atoms with van der Waals surface area (Å²) in [6.07, 6.45) is 3.20. The van der Waals surface area contributed by atoms with Gasteiger partial charge in [0, 0.05) is 11.6 Å². The van der Waals surface area contributed by atoms with Gasteiger partial charge < -0.3 is 15.6 Å². The van der Waals surface area contributed by atoms with Crippen LogP contribution in [0, 0.1) is 17.2 Å². The fourth-order valence-corrected chi connectivity index (χ4v) is 2.06. The minimum atomic E-state index is -0.299. The highest BCUT2D eigenvalue weighted by molar-refractivity contribution is 5.85. The van der Waals surface area contributed by atoms with E-state index in [2.05, 4.69) is 6.07 Å². The number of benzene rings is 1. The van der Waals surface area contributed by atoms with E-state index in [4.69, 9.17) is 15.7 Å². The molecule has 1 fully saturated rings. The number of methoxy groups -OCH3 is 1. The summed E-state index contributed by atoms with van der Waals surface area (Å²) in [6.45, 7) is 0. The van der Waals surface area contributed by atoms with Crippen LogP contribution in [0.5, 0.6) is 11.5 Å². The van der Waals surface area contributed by atoms with Crippen LogP contribution in [-0.4, -0.2) is 12.2 Å². The molecule has 0 heterocycles. The number of phenols is 1. The molecule has 1 aliphatic carbocycles. The number of nitrogens with zero attached hydrogens (tertiary/aromatic N) is 1. The number of hydrogen-bond donors (Lipinski definition) is 2. The van der Waals surface area contributed by atoms with Gasteiger partial charge in [0.25, 0.3) is 0 Å². The van der Waals surface area contributed by atoms with Gasteiger partial charge in [-0.2, -0.15) is 5.26 Å². The summed E-state index contributed by atoms with van der Waals surface area (Å²) < 4.78 is 5.04. The van der Waals surface area contributed by atoms with Crippen molar-refractivity contribution in [1.82, 2.24) is 0 Å². The highest BCUT2D eigenvalue weighted by Crippen LogP contribution is 2.42. The molecule has 3 N–H and O–H groups in total. The molecule has 2 rings (SSSR count). The van der Waals surface area contributed by atoms with Gasteiger partial charge in [-0.1, -0.05) is 12.8 Å². The smallest absolute Gasteiger partial charge is 0.163 e. The molecule has 0 unspecified atom stereocenters. The predicted octanol–water partition coefficient (Wildman–Crippen LogP) is 2.49. The first kappa shape index (κ1) is 14.6. The topological polar surface area (TPSA) is 79.3 Å². The maximum atomic E-state index is 10.0.